The Bertz CT molecular complexity index is 531. The minimum absolute atomic E-state index is 0.123. The van der Waals surface area contributed by atoms with E-state index in [-0.39, 0.29) is 15.8 Å². The van der Waals surface area contributed by atoms with Gasteiger partial charge in [-0.2, -0.15) is 0 Å². The Morgan fingerprint density at radius 2 is 2.00 bits per heavy atom. The molecule has 1 atom stereocenters. The summed E-state index contributed by atoms with van der Waals surface area (Å²) < 4.78 is 26.3. The van der Waals surface area contributed by atoms with E-state index in [1.54, 1.807) is 19.2 Å². The molecule has 108 valence electrons. The van der Waals surface area contributed by atoms with Gasteiger partial charge in [-0.15, -0.1) is 11.6 Å². The lowest BCUT2D eigenvalue weighted by Crippen LogP contribution is -2.31. The van der Waals surface area contributed by atoms with Gasteiger partial charge in [-0.1, -0.05) is 37.9 Å². The minimum atomic E-state index is -3.56. The van der Waals surface area contributed by atoms with Crippen LogP contribution < -0.4 is 0 Å². The van der Waals surface area contributed by atoms with Gasteiger partial charge in [0.25, 0.3) is 0 Å². The van der Waals surface area contributed by atoms with Crippen LogP contribution in [0, 0.1) is 5.92 Å². The van der Waals surface area contributed by atoms with E-state index in [1.165, 1.54) is 10.4 Å². The molecule has 0 fully saturated rings. The lowest BCUT2D eigenvalue weighted by atomic mass is 10.1. The molecule has 0 bridgehead atoms. The number of nitrogens with zero attached hydrogens (tertiary/aromatic N) is 1. The van der Waals surface area contributed by atoms with Crippen LogP contribution in [0.25, 0.3) is 0 Å². The van der Waals surface area contributed by atoms with Gasteiger partial charge >= 0.3 is 0 Å². The van der Waals surface area contributed by atoms with Crippen LogP contribution in [0.4, 0.5) is 0 Å². The van der Waals surface area contributed by atoms with E-state index in [2.05, 4.69) is 0 Å². The Morgan fingerprint density at radius 1 is 1.37 bits per heavy atom. The van der Waals surface area contributed by atoms with Gasteiger partial charge in [-0.05, 0) is 23.6 Å². The summed E-state index contributed by atoms with van der Waals surface area (Å²) in [4.78, 5) is 0.123. The van der Waals surface area contributed by atoms with Crippen molar-refractivity contribution >= 4 is 33.2 Å². The highest BCUT2D eigenvalue weighted by Gasteiger charge is 2.24. The van der Waals surface area contributed by atoms with Crippen LogP contribution in [0.1, 0.15) is 25.8 Å². The predicted octanol–water partition coefficient (Wildman–Crippen LogP) is 3.75. The van der Waals surface area contributed by atoms with Gasteiger partial charge in [-0.3, -0.25) is 0 Å². The Hall–Kier alpha value is -0.290. The second kappa shape index (κ2) is 6.93. The van der Waals surface area contributed by atoms with Crippen LogP contribution in [-0.4, -0.2) is 26.3 Å². The van der Waals surface area contributed by atoms with E-state index < -0.39 is 10.0 Å². The first-order chi connectivity index (χ1) is 8.82. The van der Waals surface area contributed by atoms with Gasteiger partial charge in [0.05, 0.1) is 5.02 Å². The van der Waals surface area contributed by atoms with Crippen molar-refractivity contribution in [2.75, 3.05) is 13.6 Å². The third kappa shape index (κ3) is 4.09. The molecule has 0 spiro atoms. The first kappa shape index (κ1) is 16.8. The summed E-state index contributed by atoms with van der Waals surface area (Å²) in [6.45, 7) is 4.52. The molecule has 1 unspecified atom stereocenters. The average Bonchev–Trinajstić information content (AvgIpc) is 2.38. The Labute approximate surface area is 125 Å². The van der Waals surface area contributed by atoms with Crippen LogP contribution in [0.2, 0.25) is 5.02 Å². The van der Waals surface area contributed by atoms with Gasteiger partial charge in [0.1, 0.15) is 4.90 Å². The van der Waals surface area contributed by atoms with E-state index in [4.69, 9.17) is 23.2 Å². The molecule has 0 amide bonds. The van der Waals surface area contributed by atoms with Gasteiger partial charge in [0.2, 0.25) is 10.0 Å². The van der Waals surface area contributed by atoms with Crippen LogP contribution in [0.3, 0.4) is 0 Å². The van der Waals surface area contributed by atoms with Crippen molar-refractivity contribution in [2.24, 2.45) is 5.92 Å². The lowest BCUT2D eigenvalue weighted by Gasteiger charge is -2.21. The molecule has 0 saturated carbocycles. The summed E-state index contributed by atoms with van der Waals surface area (Å²) >= 11 is 11.7. The second-order valence-corrected chi connectivity index (χ2v) is 7.39. The van der Waals surface area contributed by atoms with E-state index in [9.17, 15) is 8.42 Å². The number of hydrogen-bond acceptors (Lipinski definition) is 2. The summed E-state index contributed by atoms with van der Waals surface area (Å²) in [7, 11) is -1.99. The van der Waals surface area contributed by atoms with Crippen molar-refractivity contribution in [1.82, 2.24) is 4.31 Å². The van der Waals surface area contributed by atoms with Crippen molar-refractivity contribution in [1.29, 1.82) is 0 Å². The average molecular weight is 324 g/mol. The maximum atomic E-state index is 12.5. The molecule has 0 saturated heterocycles. The van der Waals surface area contributed by atoms with Gasteiger partial charge in [-0.25, -0.2) is 12.7 Å². The van der Waals surface area contributed by atoms with Gasteiger partial charge < -0.3 is 0 Å². The third-order valence-electron chi connectivity index (χ3n) is 3.10. The fraction of sp³-hybridized carbons (Fsp3) is 0.538. The molecular formula is C13H19Cl2NO2S. The lowest BCUT2D eigenvalue weighted by molar-refractivity contribution is 0.393. The summed E-state index contributed by atoms with van der Waals surface area (Å²) in [5.41, 5.74) is 0.738. The molecule has 0 radical (unpaired) electrons. The fourth-order valence-electron chi connectivity index (χ4n) is 1.66. The normalized spacial score (nSPS) is 13.8. The fourth-order valence-corrected chi connectivity index (χ4v) is 3.64. The summed E-state index contributed by atoms with van der Waals surface area (Å²) in [5, 5.41) is 0.227. The van der Waals surface area contributed by atoms with Crippen molar-refractivity contribution < 1.29 is 8.42 Å². The van der Waals surface area contributed by atoms with Crippen molar-refractivity contribution in [3.05, 3.63) is 28.8 Å². The van der Waals surface area contributed by atoms with Crippen molar-refractivity contribution in [2.45, 2.75) is 31.0 Å². The number of halogens is 2. The smallest absolute Gasteiger partial charge is 0.207 e. The molecule has 6 heteroatoms. The molecule has 0 heterocycles. The summed E-state index contributed by atoms with van der Waals surface area (Å²) in [5.74, 6) is 0.559. The van der Waals surface area contributed by atoms with Gasteiger partial charge in [0.15, 0.2) is 0 Å². The molecular weight excluding hydrogens is 305 g/mol. The largest absolute Gasteiger partial charge is 0.244 e. The van der Waals surface area contributed by atoms with E-state index in [0.717, 1.165) is 12.0 Å². The highest BCUT2D eigenvalue weighted by atomic mass is 35.5. The van der Waals surface area contributed by atoms with E-state index in [0.29, 0.717) is 12.5 Å². The Balaban J connectivity index is 3.12. The third-order valence-corrected chi connectivity index (χ3v) is 5.72. The van der Waals surface area contributed by atoms with Crippen molar-refractivity contribution in [3.63, 3.8) is 0 Å². The zero-order chi connectivity index (χ0) is 14.6. The number of benzene rings is 1. The monoisotopic (exact) mass is 323 g/mol. The maximum Gasteiger partial charge on any atom is 0.244 e. The van der Waals surface area contributed by atoms with E-state index in [1.807, 2.05) is 13.8 Å². The summed E-state index contributed by atoms with van der Waals surface area (Å²) in [6.07, 6.45) is 0.926. The molecule has 1 aromatic carbocycles. The van der Waals surface area contributed by atoms with Crippen LogP contribution in [-0.2, 0) is 15.9 Å². The minimum Gasteiger partial charge on any atom is -0.207 e. The number of alkyl halides is 1. The summed E-state index contributed by atoms with van der Waals surface area (Å²) in [6, 6.07) is 4.84. The standard InChI is InChI=1S/C13H19Cl2NO2S/c1-4-10(2)9-16(3)19(17,18)13-7-11(8-14)5-6-12(13)15/h5-7,10H,4,8-9H2,1-3H3. The van der Waals surface area contributed by atoms with Crippen LogP contribution in [0.15, 0.2) is 23.1 Å². The topological polar surface area (TPSA) is 37.4 Å². The number of hydrogen-bond donors (Lipinski definition) is 0. The first-order valence-corrected chi connectivity index (χ1v) is 8.48. The molecule has 0 N–H and O–H groups in total. The van der Waals surface area contributed by atoms with Crippen LogP contribution >= 0.6 is 23.2 Å². The number of sulfonamides is 1. The molecule has 0 aliphatic rings. The highest BCUT2D eigenvalue weighted by Crippen LogP contribution is 2.26. The Morgan fingerprint density at radius 3 is 2.53 bits per heavy atom. The molecule has 1 aromatic rings. The van der Waals surface area contributed by atoms with E-state index >= 15 is 0 Å². The SMILES string of the molecule is CCC(C)CN(C)S(=O)(=O)c1cc(CCl)ccc1Cl. The number of rotatable bonds is 6. The first-order valence-electron chi connectivity index (χ1n) is 6.13. The molecule has 1 rings (SSSR count). The zero-order valence-corrected chi connectivity index (χ0v) is 13.7. The molecule has 3 nitrogen and oxygen atoms in total. The quantitative estimate of drug-likeness (QED) is 0.748. The maximum absolute atomic E-state index is 12.5. The van der Waals surface area contributed by atoms with Crippen LogP contribution in [0.5, 0.6) is 0 Å². The second-order valence-electron chi connectivity index (χ2n) is 4.70. The molecule has 19 heavy (non-hydrogen) atoms. The van der Waals surface area contributed by atoms with Crippen molar-refractivity contribution in [3.8, 4) is 0 Å². The van der Waals surface area contributed by atoms with Gasteiger partial charge in [0, 0.05) is 19.5 Å². The molecule has 0 aliphatic carbocycles. The molecule has 0 aliphatic heterocycles. The Kier molecular flexibility index (Phi) is 6.12. The predicted molar refractivity (Wildman–Crippen MR) is 80.3 cm³/mol. The highest BCUT2D eigenvalue weighted by molar-refractivity contribution is 7.89. The molecule has 0 aromatic heterocycles. The zero-order valence-electron chi connectivity index (χ0n) is 11.4.